The van der Waals surface area contributed by atoms with Gasteiger partial charge < -0.3 is 5.32 Å². The van der Waals surface area contributed by atoms with Crippen LogP contribution in [0.3, 0.4) is 0 Å². The van der Waals surface area contributed by atoms with Gasteiger partial charge in [0, 0.05) is 25.3 Å². The Kier molecular flexibility index (Phi) is 3.85. The Morgan fingerprint density at radius 2 is 1.93 bits per heavy atom. The molecule has 0 spiro atoms. The highest BCUT2D eigenvalue weighted by Gasteiger charge is 1.97. The molecule has 0 amide bonds. The van der Waals surface area contributed by atoms with Crippen LogP contribution < -0.4 is 5.32 Å². The molecule has 3 heteroatoms. The van der Waals surface area contributed by atoms with Gasteiger partial charge in [0.2, 0.25) is 0 Å². The number of hydrogen-bond donors (Lipinski definition) is 1. The first-order valence-corrected chi connectivity index (χ1v) is 4.56. The molecule has 0 unspecified atom stereocenters. The van der Waals surface area contributed by atoms with E-state index >= 15 is 0 Å². The third-order valence-electron chi connectivity index (χ3n) is 1.95. The quantitative estimate of drug-likeness (QED) is 0.728. The third-order valence-corrected chi connectivity index (χ3v) is 1.95. The lowest BCUT2D eigenvalue weighted by Crippen LogP contribution is -1.87. The number of azo groups is 1. The summed E-state index contributed by atoms with van der Waals surface area (Å²) in [6.07, 6.45) is 1.95. The first-order valence-electron chi connectivity index (χ1n) is 4.56. The second-order valence-electron chi connectivity index (χ2n) is 2.80. The largest absolute Gasteiger partial charge is 0.388 e. The number of nitrogens with one attached hydrogen (secondary N) is 1. The number of anilines is 1. The van der Waals surface area contributed by atoms with Crippen LogP contribution in [0.15, 0.2) is 40.6 Å². The lowest BCUT2D eigenvalue weighted by molar-refractivity contribution is 1.17. The zero-order valence-corrected chi connectivity index (χ0v) is 8.78. The van der Waals surface area contributed by atoms with Gasteiger partial charge in [-0.25, -0.2) is 0 Å². The van der Waals surface area contributed by atoms with Gasteiger partial charge in [-0.05, 0) is 19.1 Å². The van der Waals surface area contributed by atoms with E-state index in [1.807, 2.05) is 44.3 Å². The molecule has 1 N–H and O–H groups in total. The van der Waals surface area contributed by atoms with Crippen LogP contribution in [0.25, 0.3) is 5.70 Å². The fourth-order valence-corrected chi connectivity index (χ4v) is 1.20. The molecule has 14 heavy (non-hydrogen) atoms. The number of rotatable bonds is 3. The van der Waals surface area contributed by atoms with E-state index in [1.165, 1.54) is 0 Å². The molecular weight excluding hydrogens is 174 g/mol. The first kappa shape index (κ1) is 10.4. The summed E-state index contributed by atoms with van der Waals surface area (Å²) >= 11 is 0. The smallest absolute Gasteiger partial charge is 0.0882 e. The van der Waals surface area contributed by atoms with Crippen molar-refractivity contribution in [3.05, 3.63) is 35.9 Å². The van der Waals surface area contributed by atoms with Gasteiger partial charge in [-0.15, -0.1) is 0 Å². The fraction of sp³-hybridized carbons (Fsp3) is 0.273. The van der Waals surface area contributed by atoms with Crippen LogP contribution >= 0.6 is 0 Å². The average molecular weight is 189 g/mol. The highest BCUT2D eigenvalue weighted by atomic mass is 15.1. The standard InChI is InChI=1S/C11H15N3/c1-4-11(14-13-3)9-5-7-10(12-2)8-6-9/h4-8,12H,1-3H3/b11-4-,14-13?. The zero-order chi connectivity index (χ0) is 10.4. The van der Waals surface area contributed by atoms with E-state index in [-0.39, 0.29) is 0 Å². The molecule has 0 bridgehead atoms. The lowest BCUT2D eigenvalue weighted by Gasteiger charge is -2.02. The van der Waals surface area contributed by atoms with Crippen LogP contribution in [0.5, 0.6) is 0 Å². The summed E-state index contributed by atoms with van der Waals surface area (Å²) in [5.74, 6) is 0. The Balaban J connectivity index is 2.96. The molecule has 74 valence electrons. The van der Waals surface area contributed by atoms with Crippen LogP contribution in [0.2, 0.25) is 0 Å². The average Bonchev–Trinajstić information content (AvgIpc) is 2.26. The zero-order valence-electron chi connectivity index (χ0n) is 8.78. The molecule has 0 aliphatic heterocycles. The van der Waals surface area contributed by atoms with Crippen molar-refractivity contribution in [3.63, 3.8) is 0 Å². The van der Waals surface area contributed by atoms with E-state index in [9.17, 15) is 0 Å². The molecule has 0 fully saturated rings. The predicted octanol–water partition coefficient (Wildman–Crippen LogP) is 3.17. The third kappa shape index (κ3) is 2.42. The minimum absolute atomic E-state index is 0.898. The summed E-state index contributed by atoms with van der Waals surface area (Å²) < 4.78 is 0. The van der Waals surface area contributed by atoms with E-state index < -0.39 is 0 Å². The maximum atomic E-state index is 4.03. The van der Waals surface area contributed by atoms with Gasteiger partial charge in [0.25, 0.3) is 0 Å². The summed E-state index contributed by atoms with van der Waals surface area (Å²) in [5, 5.41) is 10.9. The summed E-state index contributed by atoms with van der Waals surface area (Å²) in [7, 11) is 3.57. The Hall–Kier alpha value is -1.64. The van der Waals surface area contributed by atoms with E-state index in [1.54, 1.807) is 7.05 Å². The van der Waals surface area contributed by atoms with Gasteiger partial charge in [-0.1, -0.05) is 18.2 Å². The Labute approximate surface area is 84.6 Å². The lowest BCUT2D eigenvalue weighted by atomic mass is 10.1. The van der Waals surface area contributed by atoms with E-state index in [4.69, 9.17) is 0 Å². The van der Waals surface area contributed by atoms with E-state index in [2.05, 4.69) is 15.5 Å². The van der Waals surface area contributed by atoms with Crippen molar-refractivity contribution in [2.45, 2.75) is 6.92 Å². The summed E-state index contributed by atoms with van der Waals surface area (Å²) in [5.41, 5.74) is 3.07. The highest BCUT2D eigenvalue weighted by molar-refractivity contribution is 5.65. The van der Waals surface area contributed by atoms with Gasteiger partial charge >= 0.3 is 0 Å². The van der Waals surface area contributed by atoms with Crippen molar-refractivity contribution in [3.8, 4) is 0 Å². The maximum absolute atomic E-state index is 4.03. The number of allylic oxidation sites excluding steroid dienone is 1. The Bertz CT molecular complexity index is 336. The van der Waals surface area contributed by atoms with Gasteiger partial charge in [0.05, 0.1) is 5.70 Å². The van der Waals surface area contributed by atoms with Crippen LogP contribution in [-0.2, 0) is 0 Å². The van der Waals surface area contributed by atoms with Crippen LogP contribution in [0.4, 0.5) is 5.69 Å². The molecule has 0 atom stereocenters. The molecule has 0 saturated heterocycles. The fourth-order valence-electron chi connectivity index (χ4n) is 1.20. The number of nitrogens with zero attached hydrogens (tertiary/aromatic N) is 2. The molecular formula is C11H15N3. The molecule has 0 saturated carbocycles. The van der Waals surface area contributed by atoms with Gasteiger partial charge in [-0.3, -0.25) is 0 Å². The van der Waals surface area contributed by atoms with E-state index in [0.29, 0.717) is 0 Å². The van der Waals surface area contributed by atoms with Crippen molar-refractivity contribution < 1.29 is 0 Å². The molecule has 0 radical (unpaired) electrons. The topological polar surface area (TPSA) is 36.8 Å². The van der Waals surface area contributed by atoms with Crippen LogP contribution in [0.1, 0.15) is 12.5 Å². The van der Waals surface area contributed by atoms with Gasteiger partial charge in [0.1, 0.15) is 0 Å². The maximum Gasteiger partial charge on any atom is 0.0882 e. The number of hydrogen-bond acceptors (Lipinski definition) is 3. The van der Waals surface area contributed by atoms with Crippen LogP contribution in [0, 0.1) is 0 Å². The summed E-state index contributed by atoms with van der Waals surface area (Å²) in [4.78, 5) is 0. The molecule has 0 heterocycles. The summed E-state index contributed by atoms with van der Waals surface area (Å²) in [6.45, 7) is 1.95. The molecule has 0 aliphatic rings. The van der Waals surface area contributed by atoms with E-state index in [0.717, 1.165) is 16.9 Å². The molecule has 0 aromatic heterocycles. The van der Waals surface area contributed by atoms with Crippen LogP contribution in [-0.4, -0.2) is 14.1 Å². The molecule has 1 rings (SSSR count). The van der Waals surface area contributed by atoms with Crippen molar-refractivity contribution in [2.75, 3.05) is 19.4 Å². The Morgan fingerprint density at radius 1 is 1.29 bits per heavy atom. The Morgan fingerprint density at radius 3 is 2.36 bits per heavy atom. The van der Waals surface area contributed by atoms with Crippen molar-refractivity contribution in [1.29, 1.82) is 0 Å². The van der Waals surface area contributed by atoms with Crippen molar-refractivity contribution in [2.24, 2.45) is 10.2 Å². The normalized spacial score (nSPS) is 12.1. The van der Waals surface area contributed by atoms with Crippen molar-refractivity contribution in [1.82, 2.24) is 0 Å². The summed E-state index contributed by atoms with van der Waals surface area (Å²) in [6, 6.07) is 8.08. The molecule has 1 aromatic carbocycles. The van der Waals surface area contributed by atoms with Crippen molar-refractivity contribution >= 4 is 11.4 Å². The minimum Gasteiger partial charge on any atom is -0.388 e. The van der Waals surface area contributed by atoms with Gasteiger partial charge in [-0.2, -0.15) is 10.2 Å². The van der Waals surface area contributed by atoms with Gasteiger partial charge in [0.15, 0.2) is 0 Å². The minimum atomic E-state index is 0.898. The number of benzene rings is 1. The second kappa shape index (κ2) is 5.17. The molecule has 0 aliphatic carbocycles. The predicted molar refractivity (Wildman–Crippen MR) is 60.4 cm³/mol. The second-order valence-corrected chi connectivity index (χ2v) is 2.80. The highest BCUT2D eigenvalue weighted by Crippen LogP contribution is 2.18. The molecule has 3 nitrogen and oxygen atoms in total. The SMILES string of the molecule is C/C=C(\N=NC)c1ccc(NC)cc1. The monoisotopic (exact) mass is 189 g/mol. The molecule has 1 aromatic rings. The first-order chi connectivity index (χ1) is 6.81.